The lowest BCUT2D eigenvalue weighted by Crippen LogP contribution is -2.30. The lowest BCUT2D eigenvalue weighted by atomic mass is 10.2. The normalized spacial score (nSPS) is 11.6. The van der Waals surface area contributed by atoms with E-state index in [0.29, 0.717) is 12.1 Å². The van der Waals surface area contributed by atoms with Crippen molar-refractivity contribution in [3.63, 3.8) is 0 Å². The van der Waals surface area contributed by atoms with E-state index < -0.39 is 10.0 Å². The fraction of sp³-hybridized carbons (Fsp3) is 0.250. The number of rotatable bonds is 8. The molecule has 0 saturated heterocycles. The van der Waals surface area contributed by atoms with Crippen LogP contribution in [0.15, 0.2) is 71.8 Å². The van der Waals surface area contributed by atoms with Gasteiger partial charge in [-0.25, -0.2) is 13.1 Å². The van der Waals surface area contributed by atoms with Crippen LogP contribution in [0, 0.1) is 0 Å². The molecule has 136 valence electrons. The zero-order valence-electron chi connectivity index (χ0n) is 14.8. The van der Waals surface area contributed by atoms with Crippen LogP contribution in [0.5, 0.6) is 0 Å². The van der Waals surface area contributed by atoms with Gasteiger partial charge in [0.15, 0.2) is 0 Å². The largest absolute Gasteiger partial charge is 0.372 e. The Hall–Kier alpha value is -2.44. The Bertz CT molecular complexity index is 954. The number of nitrogens with one attached hydrogen (secondary N) is 1. The van der Waals surface area contributed by atoms with Crippen molar-refractivity contribution >= 4 is 26.6 Å². The number of hydrogen-bond donors (Lipinski definition) is 1. The lowest BCUT2D eigenvalue weighted by Gasteiger charge is -2.23. The van der Waals surface area contributed by atoms with Crippen molar-refractivity contribution in [3.05, 3.63) is 66.9 Å². The number of hydrogen-bond acceptors (Lipinski definition) is 4. The maximum Gasteiger partial charge on any atom is 0.242 e. The second kappa shape index (κ2) is 8.29. The van der Waals surface area contributed by atoms with Gasteiger partial charge in [-0.2, -0.15) is 0 Å². The number of anilines is 1. The number of pyridine rings is 1. The molecule has 3 aromatic rings. The summed E-state index contributed by atoms with van der Waals surface area (Å²) in [6, 6.07) is 19.0. The second-order valence-electron chi connectivity index (χ2n) is 6.00. The number of nitrogens with zero attached hydrogens (tertiary/aromatic N) is 2. The van der Waals surface area contributed by atoms with E-state index >= 15 is 0 Å². The summed E-state index contributed by atoms with van der Waals surface area (Å²) >= 11 is 0. The summed E-state index contributed by atoms with van der Waals surface area (Å²) in [5.74, 6) is 0. The predicted molar refractivity (Wildman–Crippen MR) is 106 cm³/mol. The minimum Gasteiger partial charge on any atom is -0.372 e. The predicted octanol–water partition coefficient (Wildman–Crippen LogP) is 3.43. The van der Waals surface area contributed by atoms with E-state index in [1.807, 2.05) is 30.3 Å². The third kappa shape index (κ3) is 4.20. The quantitative estimate of drug-likeness (QED) is 0.618. The minimum absolute atomic E-state index is 0.228. The highest BCUT2D eigenvalue weighted by atomic mass is 32.2. The molecular formula is C20H23N3O2S. The maximum atomic E-state index is 12.7. The van der Waals surface area contributed by atoms with Crippen molar-refractivity contribution in [2.75, 3.05) is 24.5 Å². The molecular weight excluding hydrogens is 346 g/mol. The average molecular weight is 369 g/mol. The Balaban J connectivity index is 1.63. The molecule has 0 aliphatic carbocycles. The molecule has 5 nitrogen and oxygen atoms in total. The van der Waals surface area contributed by atoms with Gasteiger partial charge in [-0.15, -0.1) is 0 Å². The van der Waals surface area contributed by atoms with Gasteiger partial charge in [0.05, 0.1) is 5.52 Å². The molecule has 0 amide bonds. The first kappa shape index (κ1) is 18.4. The molecule has 1 heterocycles. The smallest absolute Gasteiger partial charge is 0.242 e. The summed E-state index contributed by atoms with van der Waals surface area (Å²) in [7, 11) is -3.59. The fourth-order valence-corrected chi connectivity index (χ4v) is 4.21. The molecule has 0 unspecified atom stereocenters. The summed E-state index contributed by atoms with van der Waals surface area (Å²) < 4.78 is 28.0. The van der Waals surface area contributed by atoms with Gasteiger partial charge in [0.25, 0.3) is 0 Å². The number of benzene rings is 2. The van der Waals surface area contributed by atoms with Crippen molar-refractivity contribution in [2.24, 2.45) is 0 Å². The highest BCUT2D eigenvalue weighted by Gasteiger charge is 2.17. The topological polar surface area (TPSA) is 62.3 Å². The van der Waals surface area contributed by atoms with E-state index in [1.165, 1.54) is 0 Å². The molecule has 0 aliphatic heterocycles. The zero-order valence-corrected chi connectivity index (χ0v) is 15.6. The molecule has 6 heteroatoms. The van der Waals surface area contributed by atoms with Gasteiger partial charge in [0, 0.05) is 36.9 Å². The number of fused-ring (bicyclic) bond motifs is 1. The summed E-state index contributed by atoms with van der Waals surface area (Å²) in [5, 5.41) is 0.816. The first-order chi connectivity index (χ1) is 12.6. The second-order valence-corrected chi connectivity index (χ2v) is 7.73. The van der Waals surface area contributed by atoms with E-state index in [0.717, 1.165) is 30.6 Å². The lowest BCUT2D eigenvalue weighted by molar-refractivity contribution is 0.579. The van der Waals surface area contributed by atoms with Crippen LogP contribution in [-0.4, -0.2) is 33.0 Å². The monoisotopic (exact) mass is 369 g/mol. The highest BCUT2D eigenvalue weighted by molar-refractivity contribution is 7.89. The van der Waals surface area contributed by atoms with Crippen LogP contribution in [0.1, 0.15) is 13.3 Å². The summed E-state index contributed by atoms with van der Waals surface area (Å²) in [6.45, 7) is 4.15. The third-order valence-electron chi connectivity index (χ3n) is 4.29. The van der Waals surface area contributed by atoms with Crippen LogP contribution in [0.3, 0.4) is 0 Å². The maximum absolute atomic E-state index is 12.7. The summed E-state index contributed by atoms with van der Waals surface area (Å²) in [5.41, 5.74) is 1.65. The first-order valence-electron chi connectivity index (χ1n) is 8.75. The van der Waals surface area contributed by atoms with Gasteiger partial charge >= 0.3 is 0 Å². The highest BCUT2D eigenvalue weighted by Crippen LogP contribution is 2.20. The van der Waals surface area contributed by atoms with Crippen LogP contribution in [0.2, 0.25) is 0 Å². The van der Waals surface area contributed by atoms with E-state index in [-0.39, 0.29) is 4.90 Å². The third-order valence-corrected chi connectivity index (χ3v) is 5.78. The van der Waals surface area contributed by atoms with Crippen molar-refractivity contribution in [1.82, 2.24) is 9.71 Å². The number of para-hydroxylation sites is 2. The average Bonchev–Trinajstić information content (AvgIpc) is 2.68. The fourth-order valence-electron chi connectivity index (χ4n) is 2.96. The molecule has 26 heavy (non-hydrogen) atoms. The van der Waals surface area contributed by atoms with Gasteiger partial charge < -0.3 is 4.90 Å². The minimum atomic E-state index is -3.59. The number of aromatic nitrogens is 1. The molecule has 0 fully saturated rings. The van der Waals surface area contributed by atoms with Gasteiger partial charge in [0.2, 0.25) is 10.0 Å². The molecule has 0 atom stereocenters. The Morgan fingerprint density at radius 3 is 2.54 bits per heavy atom. The molecule has 1 aromatic heterocycles. The van der Waals surface area contributed by atoms with Crippen LogP contribution in [-0.2, 0) is 10.0 Å². The number of sulfonamides is 1. The van der Waals surface area contributed by atoms with Crippen LogP contribution >= 0.6 is 0 Å². The molecule has 0 radical (unpaired) electrons. The summed E-state index contributed by atoms with van der Waals surface area (Å²) in [6.07, 6.45) is 2.33. The van der Waals surface area contributed by atoms with Gasteiger partial charge in [-0.05, 0) is 37.6 Å². The zero-order chi connectivity index (χ0) is 18.4. The van der Waals surface area contributed by atoms with Crippen molar-refractivity contribution in [1.29, 1.82) is 0 Å². The molecule has 0 aliphatic rings. The van der Waals surface area contributed by atoms with Gasteiger partial charge in [0.1, 0.15) is 4.90 Å². The van der Waals surface area contributed by atoms with Crippen molar-refractivity contribution < 1.29 is 8.42 Å². The standard InChI is InChI=1S/C20H23N3O2S/c1-2-23(18-11-4-3-5-12-18)16-8-15-22-26(24,25)19-13-6-9-17-10-7-14-21-20(17)19/h3-7,9-14,22H,2,8,15-16H2,1H3. The Kier molecular flexibility index (Phi) is 5.85. The Morgan fingerprint density at radius 1 is 1.00 bits per heavy atom. The molecule has 1 N–H and O–H groups in total. The SMILES string of the molecule is CCN(CCCNS(=O)(=O)c1cccc2cccnc12)c1ccccc1. The van der Waals surface area contributed by atoms with Crippen LogP contribution in [0.4, 0.5) is 5.69 Å². The summed E-state index contributed by atoms with van der Waals surface area (Å²) in [4.78, 5) is 6.69. The van der Waals surface area contributed by atoms with E-state index in [2.05, 4.69) is 33.7 Å². The Labute approximate surface area is 154 Å². The molecule has 2 aromatic carbocycles. The van der Waals surface area contributed by atoms with E-state index in [4.69, 9.17) is 0 Å². The van der Waals surface area contributed by atoms with Crippen LogP contribution < -0.4 is 9.62 Å². The van der Waals surface area contributed by atoms with Crippen molar-refractivity contribution in [2.45, 2.75) is 18.2 Å². The van der Waals surface area contributed by atoms with Crippen molar-refractivity contribution in [3.8, 4) is 0 Å². The van der Waals surface area contributed by atoms with Gasteiger partial charge in [-0.3, -0.25) is 4.98 Å². The molecule has 0 bridgehead atoms. The van der Waals surface area contributed by atoms with E-state index in [9.17, 15) is 8.42 Å². The van der Waals surface area contributed by atoms with Crippen LogP contribution in [0.25, 0.3) is 10.9 Å². The Morgan fingerprint density at radius 2 is 1.77 bits per heavy atom. The molecule has 0 saturated carbocycles. The van der Waals surface area contributed by atoms with E-state index in [1.54, 1.807) is 24.4 Å². The molecule has 3 rings (SSSR count). The van der Waals surface area contributed by atoms with Gasteiger partial charge in [-0.1, -0.05) is 36.4 Å². The molecule has 0 spiro atoms. The first-order valence-corrected chi connectivity index (χ1v) is 10.2.